The van der Waals surface area contributed by atoms with Gasteiger partial charge in [0.2, 0.25) is 5.91 Å². The number of benzene rings is 3. The number of nitrogens with one attached hydrogen (secondary N) is 2. The van der Waals surface area contributed by atoms with Crippen LogP contribution in [0, 0.1) is 13.8 Å². The van der Waals surface area contributed by atoms with Crippen molar-refractivity contribution >= 4 is 33.5 Å². The zero-order chi connectivity index (χ0) is 33.4. The van der Waals surface area contributed by atoms with Crippen LogP contribution < -0.4 is 19.1 Å². The lowest BCUT2D eigenvalue weighted by molar-refractivity contribution is -0.137. The van der Waals surface area contributed by atoms with Crippen LogP contribution in [0.2, 0.25) is 0 Å². The number of ether oxygens (including phenoxy) is 1. The minimum atomic E-state index is -3.84. The standard InChI is InChI=1S/C35H41N5O6S/c1-25-9-3-15-33(26(25)2)46-20-8-16-34(41)40-19-7-13-31-30(12-5-14-32(31)40)28-22-36-39(24-28)23-27-10-4-11-29(21-27)38-47(44,45)37-18-6-17-35(42)43/h3-5,9-12,14-15,21-22,24,37-38H,6-8,13,16-20,23H2,1-2H3,(H,42,43). The number of rotatable bonds is 15. The molecule has 0 fully saturated rings. The Hall–Kier alpha value is -4.68. The lowest BCUT2D eigenvalue weighted by atomic mass is 9.93. The van der Waals surface area contributed by atoms with Gasteiger partial charge in [-0.2, -0.15) is 18.2 Å². The summed E-state index contributed by atoms with van der Waals surface area (Å²) in [6.07, 6.45) is 6.64. The van der Waals surface area contributed by atoms with E-state index in [0.717, 1.165) is 52.1 Å². The van der Waals surface area contributed by atoms with E-state index in [-0.39, 0.29) is 25.3 Å². The van der Waals surface area contributed by atoms with Crippen molar-refractivity contribution < 1.29 is 27.9 Å². The van der Waals surface area contributed by atoms with E-state index < -0.39 is 16.2 Å². The molecule has 5 rings (SSSR count). The summed E-state index contributed by atoms with van der Waals surface area (Å²) in [5.74, 6) is -0.0193. The number of carboxylic acids is 1. The number of hydrogen-bond donors (Lipinski definition) is 3. The number of carboxylic acid groups (broad SMARTS) is 1. The highest BCUT2D eigenvalue weighted by molar-refractivity contribution is 7.90. The van der Waals surface area contributed by atoms with E-state index in [0.29, 0.717) is 38.2 Å². The first-order chi connectivity index (χ1) is 22.6. The van der Waals surface area contributed by atoms with E-state index in [1.807, 2.05) is 54.5 Å². The van der Waals surface area contributed by atoms with E-state index in [2.05, 4.69) is 33.6 Å². The fraction of sp³-hybridized carbons (Fsp3) is 0.343. The van der Waals surface area contributed by atoms with Crippen LogP contribution >= 0.6 is 0 Å². The highest BCUT2D eigenvalue weighted by Crippen LogP contribution is 2.36. The van der Waals surface area contributed by atoms with Gasteiger partial charge in [0.25, 0.3) is 10.2 Å². The molecule has 0 spiro atoms. The number of aliphatic carboxylic acids is 1. The maximum atomic E-state index is 13.3. The first-order valence-electron chi connectivity index (χ1n) is 15.8. The van der Waals surface area contributed by atoms with Crippen LogP contribution in [-0.2, 0) is 32.8 Å². The van der Waals surface area contributed by atoms with Crippen LogP contribution in [0.15, 0.2) is 73.1 Å². The first-order valence-corrected chi connectivity index (χ1v) is 17.3. The molecule has 3 aromatic carbocycles. The second-order valence-electron chi connectivity index (χ2n) is 11.7. The normalized spacial score (nSPS) is 12.9. The summed E-state index contributed by atoms with van der Waals surface area (Å²) in [7, 11) is -3.84. The average molecular weight is 660 g/mol. The number of carbonyl (C=O) groups is 2. The number of anilines is 2. The summed E-state index contributed by atoms with van der Waals surface area (Å²) in [6.45, 7) is 5.72. The fourth-order valence-corrected chi connectivity index (χ4v) is 6.64. The number of aryl methyl sites for hydroxylation is 1. The maximum Gasteiger partial charge on any atom is 0.303 e. The third-order valence-corrected chi connectivity index (χ3v) is 9.32. The number of hydrogen-bond acceptors (Lipinski definition) is 6. The molecule has 0 radical (unpaired) electrons. The molecule has 3 N–H and O–H groups in total. The highest BCUT2D eigenvalue weighted by Gasteiger charge is 2.25. The van der Waals surface area contributed by atoms with Crippen molar-refractivity contribution in [1.82, 2.24) is 14.5 Å². The maximum absolute atomic E-state index is 13.3. The van der Waals surface area contributed by atoms with Gasteiger partial charge in [0.15, 0.2) is 0 Å². The number of nitrogens with zero attached hydrogens (tertiary/aromatic N) is 3. The fourth-order valence-electron chi connectivity index (χ4n) is 5.72. The van der Waals surface area contributed by atoms with Crippen molar-refractivity contribution in [1.29, 1.82) is 0 Å². The Labute approximate surface area is 275 Å². The Morgan fingerprint density at radius 3 is 2.66 bits per heavy atom. The monoisotopic (exact) mass is 659 g/mol. The van der Waals surface area contributed by atoms with Crippen LogP contribution in [-0.4, -0.2) is 54.9 Å². The second kappa shape index (κ2) is 15.3. The number of carbonyl (C=O) groups excluding carboxylic acids is 1. The Bertz CT molecular complexity index is 1840. The van der Waals surface area contributed by atoms with Crippen LogP contribution in [0.1, 0.15) is 54.4 Å². The van der Waals surface area contributed by atoms with Crippen LogP contribution in [0.3, 0.4) is 0 Å². The first kappa shape index (κ1) is 33.7. The van der Waals surface area contributed by atoms with Gasteiger partial charge < -0.3 is 14.7 Å². The minimum Gasteiger partial charge on any atom is -0.493 e. The topological polar surface area (TPSA) is 143 Å². The minimum absolute atomic E-state index is 0.0235. The van der Waals surface area contributed by atoms with E-state index in [9.17, 15) is 18.0 Å². The Morgan fingerprint density at radius 1 is 1.02 bits per heavy atom. The molecule has 0 bridgehead atoms. The summed E-state index contributed by atoms with van der Waals surface area (Å²) in [4.78, 5) is 25.9. The molecule has 47 heavy (non-hydrogen) atoms. The van der Waals surface area contributed by atoms with Crippen LogP contribution in [0.4, 0.5) is 11.4 Å². The Balaban J connectivity index is 1.20. The van der Waals surface area contributed by atoms with Crippen LogP contribution in [0.5, 0.6) is 5.75 Å². The van der Waals surface area contributed by atoms with Gasteiger partial charge >= 0.3 is 5.97 Å². The third-order valence-electron chi connectivity index (χ3n) is 8.23. The highest BCUT2D eigenvalue weighted by atomic mass is 32.2. The smallest absolute Gasteiger partial charge is 0.303 e. The quantitative estimate of drug-likeness (QED) is 0.144. The average Bonchev–Trinajstić information content (AvgIpc) is 3.50. The molecule has 0 atom stereocenters. The van der Waals surface area contributed by atoms with Gasteiger partial charge in [0.1, 0.15) is 5.75 Å². The number of amides is 1. The molecule has 0 unspecified atom stereocenters. The lowest BCUT2D eigenvalue weighted by Gasteiger charge is -2.31. The summed E-state index contributed by atoms with van der Waals surface area (Å²) in [5.41, 5.74) is 7.60. The largest absolute Gasteiger partial charge is 0.493 e. The molecule has 1 aromatic heterocycles. The number of fused-ring (bicyclic) bond motifs is 1. The number of aromatic nitrogens is 2. The summed E-state index contributed by atoms with van der Waals surface area (Å²) in [5, 5.41) is 13.3. The molecule has 4 aromatic rings. The summed E-state index contributed by atoms with van der Waals surface area (Å²) in [6, 6.07) is 19.1. The molecule has 1 aliphatic heterocycles. The van der Waals surface area contributed by atoms with E-state index in [4.69, 9.17) is 9.84 Å². The third kappa shape index (κ3) is 8.99. The second-order valence-corrected chi connectivity index (χ2v) is 13.2. The summed E-state index contributed by atoms with van der Waals surface area (Å²) < 4.78 is 37.4. The Kier molecular flexibility index (Phi) is 10.9. The molecule has 12 heteroatoms. The molecule has 0 saturated carbocycles. The van der Waals surface area contributed by atoms with Gasteiger partial charge in [-0.15, -0.1) is 0 Å². The van der Waals surface area contributed by atoms with Crippen molar-refractivity contribution in [3.05, 3.63) is 95.3 Å². The van der Waals surface area contributed by atoms with Gasteiger partial charge in [-0.1, -0.05) is 36.4 Å². The van der Waals surface area contributed by atoms with Crippen molar-refractivity contribution in [3.8, 4) is 16.9 Å². The van der Waals surface area contributed by atoms with Gasteiger partial charge in [-0.25, -0.2) is 0 Å². The van der Waals surface area contributed by atoms with Crippen molar-refractivity contribution in [2.75, 3.05) is 29.3 Å². The molecule has 1 aliphatic rings. The Morgan fingerprint density at radius 2 is 1.83 bits per heavy atom. The van der Waals surface area contributed by atoms with Crippen molar-refractivity contribution in [3.63, 3.8) is 0 Å². The predicted octanol–water partition coefficient (Wildman–Crippen LogP) is 5.46. The molecule has 2 heterocycles. The molecule has 11 nitrogen and oxygen atoms in total. The lowest BCUT2D eigenvalue weighted by Crippen LogP contribution is -2.35. The molecule has 0 aliphatic carbocycles. The zero-order valence-corrected chi connectivity index (χ0v) is 27.6. The van der Waals surface area contributed by atoms with Crippen molar-refractivity contribution in [2.45, 2.75) is 58.9 Å². The SMILES string of the molecule is Cc1cccc(OCCCC(=O)N2CCCc3c(-c4cnn(Cc5cccc(NS(=O)(=O)NCCCC(=O)O)c5)c4)cccc32)c1C. The van der Waals surface area contributed by atoms with Gasteiger partial charge in [0, 0.05) is 43.4 Å². The molecule has 0 saturated heterocycles. The van der Waals surface area contributed by atoms with E-state index >= 15 is 0 Å². The van der Waals surface area contributed by atoms with E-state index in [1.54, 1.807) is 22.9 Å². The molecule has 248 valence electrons. The molecule has 1 amide bonds. The zero-order valence-electron chi connectivity index (χ0n) is 26.7. The van der Waals surface area contributed by atoms with Crippen LogP contribution in [0.25, 0.3) is 11.1 Å². The van der Waals surface area contributed by atoms with Gasteiger partial charge in [-0.3, -0.25) is 19.0 Å². The molecular formula is C35H41N5O6S. The van der Waals surface area contributed by atoms with E-state index in [1.165, 1.54) is 5.56 Å². The van der Waals surface area contributed by atoms with Crippen molar-refractivity contribution in [2.24, 2.45) is 0 Å². The van der Waals surface area contributed by atoms with Gasteiger partial charge in [-0.05, 0) is 91.6 Å². The molecular weight excluding hydrogens is 618 g/mol. The summed E-state index contributed by atoms with van der Waals surface area (Å²) >= 11 is 0. The van der Waals surface area contributed by atoms with Gasteiger partial charge in [0.05, 0.1) is 25.0 Å². The predicted molar refractivity (Wildman–Crippen MR) is 182 cm³/mol.